The molecular weight excluding hydrogens is 317 g/mol. The first-order valence-corrected chi connectivity index (χ1v) is 7.79. The zero-order valence-corrected chi connectivity index (χ0v) is 14.2. The topological polar surface area (TPSA) is 84.9 Å². The Balaban J connectivity index is 2.20. The van der Waals surface area contributed by atoms with Crippen LogP contribution < -0.4 is 5.32 Å². The Morgan fingerprint density at radius 2 is 2.04 bits per heavy atom. The van der Waals surface area contributed by atoms with Crippen LogP contribution >= 0.6 is 0 Å². The second kappa shape index (κ2) is 6.76. The van der Waals surface area contributed by atoms with Crippen molar-refractivity contribution in [1.82, 2.24) is 0 Å². The molecule has 0 fully saturated rings. The molecule has 24 heavy (non-hydrogen) atoms. The maximum absolute atomic E-state index is 14.3. The average Bonchev–Trinajstić information content (AvgIpc) is 2.75. The highest BCUT2D eigenvalue weighted by Crippen LogP contribution is 2.39. The van der Waals surface area contributed by atoms with Crippen LogP contribution in [0.4, 0.5) is 14.9 Å². The monoisotopic (exact) mass is 339 g/mol. The minimum atomic E-state index is -1.17. The number of aliphatic hydroxyl groups excluding tert-OH is 1. The fourth-order valence-electron chi connectivity index (χ4n) is 2.64. The van der Waals surface area contributed by atoms with E-state index in [-0.39, 0.29) is 29.8 Å². The molecule has 2 unspecified atom stereocenters. The normalized spacial score (nSPS) is 19.6. The molecular formula is C17H22FNO5. The number of carbonyl (C=O) groups excluding carboxylic acids is 2. The van der Waals surface area contributed by atoms with Gasteiger partial charge >= 0.3 is 12.1 Å². The van der Waals surface area contributed by atoms with Crippen molar-refractivity contribution >= 4 is 17.7 Å². The van der Waals surface area contributed by atoms with E-state index in [1.165, 1.54) is 6.07 Å². The molecule has 2 rings (SSSR count). The Hall–Kier alpha value is -2.15. The van der Waals surface area contributed by atoms with E-state index >= 15 is 0 Å². The molecule has 1 aliphatic carbocycles. The molecule has 7 heteroatoms. The first-order chi connectivity index (χ1) is 11.1. The van der Waals surface area contributed by atoms with E-state index in [1.54, 1.807) is 27.7 Å². The smallest absolute Gasteiger partial charge is 0.412 e. The molecule has 0 aromatic heterocycles. The van der Waals surface area contributed by atoms with E-state index < -0.39 is 35.5 Å². The number of amides is 1. The van der Waals surface area contributed by atoms with Crippen LogP contribution in [0.2, 0.25) is 0 Å². The summed E-state index contributed by atoms with van der Waals surface area (Å²) in [4.78, 5) is 23.6. The number of carbonyl (C=O) groups is 2. The highest BCUT2D eigenvalue weighted by molar-refractivity contribution is 5.85. The van der Waals surface area contributed by atoms with Gasteiger partial charge in [-0.25, -0.2) is 9.18 Å². The van der Waals surface area contributed by atoms with Crippen LogP contribution in [0.25, 0.3) is 0 Å². The summed E-state index contributed by atoms with van der Waals surface area (Å²) in [6, 6.07) is 2.59. The summed E-state index contributed by atoms with van der Waals surface area (Å²) < 4.78 is 24.3. The van der Waals surface area contributed by atoms with Crippen molar-refractivity contribution in [3.63, 3.8) is 0 Å². The molecule has 6 nitrogen and oxygen atoms in total. The molecule has 1 aliphatic rings. The van der Waals surface area contributed by atoms with Gasteiger partial charge in [0.25, 0.3) is 0 Å². The van der Waals surface area contributed by atoms with Gasteiger partial charge in [0.2, 0.25) is 0 Å². The molecule has 1 amide bonds. The van der Waals surface area contributed by atoms with Crippen molar-refractivity contribution in [1.29, 1.82) is 0 Å². The van der Waals surface area contributed by atoms with Crippen molar-refractivity contribution in [3.8, 4) is 0 Å². The van der Waals surface area contributed by atoms with Gasteiger partial charge in [0.1, 0.15) is 11.4 Å². The lowest BCUT2D eigenvalue weighted by Crippen LogP contribution is -2.27. The number of benzene rings is 1. The highest BCUT2D eigenvalue weighted by atomic mass is 19.1. The summed E-state index contributed by atoms with van der Waals surface area (Å²) in [7, 11) is 0. The zero-order valence-electron chi connectivity index (χ0n) is 14.2. The molecule has 1 aromatic rings. The summed E-state index contributed by atoms with van der Waals surface area (Å²) in [5.74, 6) is -2.00. The van der Waals surface area contributed by atoms with Gasteiger partial charge in [-0.2, -0.15) is 0 Å². The number of esters is 1. The van der Waals surface area contributed by atoms with Crippen molar-refractivity contribution in [2.75, 3.05) is 11.9 Å². The fraction of sp³-hybridized carbons (Fsp3) is 0.529. The van der Waals surface area contributed by atoms with Gasteiger partial charge in [-0.3, -0.25) is 10.1 Å². The van der Waals surface area contributed by atoms with Crippen LogP contribution in [-0.4, -0.2) is 29.4 Å². The lowest BCUT2D eigenvalue weighted by atomic mass is 10.0. The number of rotatable bonds is 3. The van der Waals surface area contributed by atoms with E-state index in [2.05, 4.69) is 5.32 Å². The van der Waals surface area contributed by atoms with Crippen LogP contribution in [-0.2, 0) is 20.7 Å². The van der Waals surface area contributed by atoms with Crippen LogP contribution in [0.15, 0.2) is 12.1 Å². The Morgan fingerprint density at radius 3 is 2.62 bits per heavy atom. The number of fused-ring (bicyclic) bond motifs is 1. The maximum Gasteiger partial charge on any atom is 0.412 e. The van der Waals surface area contributed by atoms with Crippen molar-refractivity contribution < 1.29 is 28.6 Å². The van der Waals surface area contributed by atoms with Crippen molar-refractivity contribution in [2.45, 2.75) is 45.8 Å². The minimum Gasteiger partial charge on any atom is -0.466 e. The van der Waals surface area contributed by atoms with Gasteiger partial charge in [0.15, 0.2) is 0 Å². The van der Waals surface area contributed by atoms with Gasteiger partial charge in [-0.15, -0.1) is 0 Å². The molecule has 0 heterocycles. The number of halogens is 1. The molecule has 0 bridgehead atoms. The van der Waals surface area contributed by atoms with Gasteiger partial charge < -0.3 is 14.6 Å². The zero-order chi connectivity index (χ0) is 18.1. The molecule has 0 spiro atoms. The number of ether oxygens (including phenoxy) is 2. The van der Waals surface area contributed by atoms with E-state index in [0.29, 0.717) is 0 Å². The Bertz CT molecular complexity index is 653. The Labute approximate surface area is 139 Å². The van der Waals surface area contributed by atoms with E-state index in [4.69, 9.17) is 9.47 Å². The van der Waals surface area contributed by atoms with Gasteiger partial charge in [0.05, 0.1) is 18.6 Å². The fourth-order valence-corrected chi connectivity index (χ4v) is 2.64. The first-order valence-electron chi connectivity index (χ1n) is 7.79. The van der Waals surface area contributed by atoms with Gasteiger partial charge in [0, 0.05) is 5.69 Å². The van der Waals surface area contributed by atoms with E-state index in [1.807, 2.05) is 0 Å². The first kappa shape index (κ1) is 18.2. The third-order valence-corrected chi connectivity index (χ3v) is 3.59. The quantitative estimate of drug-likeness (QED) is 0.827. The largest absolute Gasteiger partial charge is 0.466 e. The van der Waals surface area contributed by atoms with Crippen molar-refractivity contribution in [3.05, 3.63) is 29.1 Å². The van der Waals surface area contributed by atoms with Crippen LogP contribution in [0.1, 0.15) is 44.9 Å². The van der Waals surface area contributed by atoms with Crippen LogP contribution in [0.5, 0.6) is 0 Å². The maximum atomic E-state index is 14.3. The Kier molecular flexibility index (Phi) is 5.13. The molecule has 0 saturated carbocycles. The summed E-state index contributed by atoms with van der Waals surface area (Å²) >= 11 is 0. The predicted molar refractivity (Wildman–Crippen MR) is 85.0 cm³/mol. The molecule has 0 aliphatic heterocycles. The van der Waals surface area contributed by atoms with Gasteiger partial charge in [-0.05, 0) is 57.4 Å². The number of hydrogen-bond donors (Lipinski definition) is 2. The second-order valence-corrected chi connectivity index (χ2v) is 6.66. The van der Waals surface area contributed by atoms with Crippen molar-refractivity contribution in [2.24, 2.45) is 5.92 Å². The summed E-state index contributed by atoms with van der Waals surface area (Å²) in [5.41, 5.74) is 0.00639. The third kappa shape index (κ3) is 4.03. The lowest BCUT2D eigenvalue weighted by Gasteiger charge is -2.20. The van der Waals surface area contributed by atoms with E-state index in [9.17, 15) is 19.1 Å². The number of anilines is 1. The average molecular weight is 339 g/mol. The lowest BCUT2D eigenvalue weighted by molar-refractivity contribution is -0.151. The predicted octanol–water partition coefficient (Wildman–Crippen LogP) is 2.94. The summed E-state index contributed by atoms with van der Waals surface area (Å²) in [6.07, 6.45) is -1.83. The van der Waals surface area contributed by atoms with Crippen LogP contribution in [0, 0.1) is 11.7 Å². The van der Waals surface area contributed by atoms with Gasteiger partial charge in [-0.1, -0.05) is 0 Å². The van der Waals surface area contributed by atoms with E-state index in [0.717, 1.165) is 6.07 Å². The molecule has 1 aromatic carbocycles. The molecule has 2 atom stereocenters. The number of aliphatic hydroxyl groups is 1. The third-order valence-electron chi connectivity index (χ3n) is 3.59. The summed E-state index contributed by atoms with van der Waals surface area (Å²) in [5, 5.41) is 12.7. The number of hydrogen-bond acceptors (Lipinski definition) is 5. The molecule has 2 N–H and O–H groups in total. The molecule has 0 radical (unpaired) electrons. The second-order valence-electron chi connectivity index (χ2n) is 6.66. The standard InChI is InChI=1S/C17H22FNO5/c1-5-23-15(21)12-8-10-11(14(12)20)6-9(7-13(10)18)19-16(22)24-17(2,3)4/h6-7,12,14,20H,5,8H2,1-4H3,(H,19,22). The Morgan fingerprint density at radius 1 is 1.38 bits per heavy atom. The SMILES string of the molecule is CCOC(=O)C1Cc2c(F)cc(NC(=O)OC(C)(C)C)cc2C1O. The minimum absolute atomic E-state index is 0.0634. The van der Waals surface area contributed by atoms with Crippen LogP contribution in [0.3, 0.4) is 0 Å². The molecule has 0 saturated heterocycles. The number of nitrogens with one attached hydrogen (secondary N) is 1. The summed E-state index contributed by atoms with van der Waals surface area (Å²) in [6.45, 7) is 6.98. The highest BCUT2D eigenvalue weighted by Gasteiger charge is 2.39. The molecule has 132 valence electrons.